The van der Waals surface area contributed by atoms with Gasteiger partial charge in [0.2, 0.25) is 0 Å². The third kappa shape index (κ3) is 1.34. The van der Waals surface area contributed by atoms with Crippen LogP contribution in [0, 0.1) is 5.41 Å². The molecule has 0 aliphatic heterocycles. The minimum absolute atomic E-state index is 0.0873. The number of hydrogen-bond donors (Lipinski definition) is 0. The van der Waals surface area contributed by atoms with Crippen molar-refractivity contribution in [2.75, 3.05) is 0 Å². The highest BCUT2D eigenvalue weighted by molar-refractivity contribution is 6.00. The third-order valence-corrected chi connectivity index (χ3v) is 2.81. The second-order valence-corrected chi connectivity index (χ2v) is 3.55. The van der Waals surface area contributed by atoms with Gasteiger partial charge in [0, 0.05) is 17.8 Å². The van der Waals surface area contributed by atoms with Crippen molar-refractivity contribution in [3.63, 3.8) is 0 Å². The van der Waals surface area contributed by atoms with E-state index in [1.807, 2.05) is 0 Å². The summed E-state index contributed by atoms with van der Waals surface area (Å²) in [6.07, 6.45) is 7.65. The third-order valence-electron chi connectivity index (χ3n) is 2.81. The molecule has 0 aromatic carbocycles. The summed E-state index contributed by atoms with van der Waals surface area (Å²) in [4.78, 5) is 19.8. The highest BCUT2D eigenvalue weighted by atomic mass is 16.1. The van der Waals surface area contributed by atoms with Crippen LogP contribution in [0.3, 0.4) is 0 Å². The van der Waals surface area contributed by atoms with E-state index in [4.69, 9.17) is 0 Å². The molecule has 1 heterocycles. The standard InChI is InChI=1S/C10H12N2O/c1-2-10(3-4-10)9(13)8-7-11-5-6-12-8/h5-7H,2-4H2,1H3. The topological polar surface area (TPSA) is 42.9 Å². The monoisotopic (exact) mass is 176 g/mol. The molecule has 1 aromatic heterocycles. The van der Waals surface area contributed by atoms with Gasteiger partial charge in [0.1, 0.15) is 5.69 Å². The number of rotatable bonds is 3. The van der Waals surface area contributed by atoms with Gasteiger partial charge < -0.3 is 0 Å². The first kappa shape index (κ1) is 8.35. The Kier molecular flexibility index (Phi) is 1.87. The number of aromatic nitrogens is 2. The molecule has 0 amide bonds. The minimum Gasteiger partial charge on any atom is -0.292 e. The molecule has 1 saturated carbocycles. The van der Waals surface area contributed by atoms with Gasteiger partial charge in [-0.05, 0) is 19.3 Å². The smallest absolute Gasteiger partial charge is 0.188 e. The average molecular weight is 176 g/mol. The lowest BCUT2D eigenvalue weighted by molar-refractivity contribution is 0.0891. The van der Waals surface area contributed by atoms with Crippen LogP contribution < -0.4 is 0 Å². The van der Waals surface area contributed by atoms with Crippen molar-refractivity contribution in [1.29, 1.82) is 0 Å². The summed E-state index contributed by atoms with van der Waals surface area (Å²) >= 11 is 0. The zero-order valence-corrected chi connectivity index (χ0v) is 7.66. The Morgan fingerprint density at radius 3 is 2.77 bits per heavy atom. The van der Waals surface area contributed by atoms with Gasteiger partial charge in [-0.2, -0.15) is 0 Å². The lowest BCUT2D eigenvalue weighted by Gasteiger charge is -2.08. The van der Waals surface area contributed by atoms with Gasteiger partial charge in [0.25, 0.3) is 0 Å². The van der Waals surface area contributed by atoms with Crippen molar-refractivity contribution in [3.05, 3.63) is 24.3 Å². The number of hydrogen-bond acceptors (Lipinski definition) is 3. The van der Waals surface area contributed by atoms with Crippen LogP contribution in [0.4, 0.5) is 0 Å². The Bertz CT molecular complexity index is 317. The summed E-state index contributed by atoms with van der Waals surface area (Å²) in [5, 5.41) is 0. The molecule has 0 N–H and O–H groups in total. The van der Waals surface area contributed by atoms with E-state index >= 15 is 0 Å². The molecule has 1 aliphatic rings. The maximum absolute atomic E-state index is 11.9. The van der Waals surface area contributed by atoms with Crippen LogP contribution in [0.25, 0.3) is 0 Å². The SMILES string of the molecule is CCC1(C(=O)c2cnccn2)CC1. The van der Waals surface area contributed by atoms with Gasteiger partial charge in [0.05, 0.1) is 6.20 Å². The van der Waals surface area contributed by atoms with E-state index in [-0.39, 0.29) is 11.2 Å². The van der Waals surface area contributed by atoms with E-state index in [1.165, 1.54) is 0 Å². The van der Waals surface area contributed by atoms with Crippen molar-refractivity contribution in [1.82, 2.24) is 9.97 Å². The first-order valence-corrected chi connectivity index (χ1v) is 4.59. The highest BCUT2D eigenvalue weighted by Crippen LogP contribution is 2.50. The van der Waals surface area contributed by atoms with E-state index in [9.17, 15) is 4.79 Å². The van der Waals surface area contributed by atoms with Crippen molar-refractivity contribution in [2.45, 2.75) is 26.2 Å². The average Bonchev–Trinajstić information content (AvgIpc) is 2.99. The van der Waals surface area contributed by atoms with Crippen LogP contribution in [0.15, 0.2) is 18.6 Å². The zero-order valence-electron chi connectivity index (χ0n) is 7.66. The molecular weight excluding hydrogens is 164 g/mol. The maximum atomic E-state index is 11.9. The Morgan fingerprint density at radius 2 is 2.31 bits per heavy atom. The summed E-state index contributed by atoms with van der Waals surface area (Å²) < 4.78 is 0. The predicted octanol–water partition coefficient (Wildman–Crippen LogP) is 1.85. The summed E-state index contributed by atoms with van der Waals surface area (Å²) in [5.41, 5.74) is 0.428. The van der Waals surface area contributed by atoms with Crippen LogP contribution in [0.1, 0.15) is 36.7 Å². The number of Topliss-reactive ketones (excluding diaryl/α,β-unsaturated/α-hetero) is 1. The molecule has 2 rings (SSSR count). The molecule has 68 valence electrons. The van der Waals surface area contributed by atoms with Crippen molar-refractivity contribution in [2.24, 2.45) is 5.41 Å². The van der Waals surface area contributed by atoms with Crippen LogP contribution in [-0.2, 0) is 0 Å². The van der Waals surface area contributed by atoms with Crippen molar-refractivity contribution < 1.29 is 4.79 Å². The van der Waals surface area contributed by atoms with E-state index in [0.717, 1.165) is 19.3 Å². The van der Waals surface area contributed by atoms with Crippen LogP contribution in [-0.4, -0.2) is 15.8 Å². The molecule has 3 heteroatoms. The molecule has 3 nitrogen and oxygen atoms in total. The molecule has 0 radical (unpaired) electrons. The van der Waals surface area contributed by atoms with Gasteiger partial charge in [0.15, 0.2) is 5.78 Å². The molecule has 0 unspecified atom stereocenters. The molecule has 0 saturated heterocycles. The second-order valence-electron chi connectivity index (χ2n) is 3.55. The van der Waals surface area contributed by atoms with Crippen molar-refractivity contribution >= 4 is 5.78 Å². The van der Waals surface area contributed by atoms with Crippen LogP contribution >= 0.6 is 0 Å². The molecule has 0 spiro atoms. The van der Waals surface area contributed by atoms with E-state index in [0.29, 0.717) is 5.69 Å². The largest absolute Gasteiger partial charge is 0.292 e. The Morgan fingerprint density at radius 1 is 1.54 bits per heavy atom. The quantitative estimate of drug-likeness (QED) is 0.660. The van der Waals surface area contributed by atoms with Crippen LogP contribution in [0.5, 0.6) is 0 Å². The van der Waals surface area contributed by atoms with Gasteiger partial charge in [-0.15, -0.1) is 0 Å². The number of carbonyl (C=O) groups is 1. The summed E-state index contributed by atoms with van der Waals surface area (Å²) in [5.74, 6) is 0.170. The van der Waals surface area contributed by atoms with Gasteiger partial charge >= 0.3 is 0 Å². The number of ketones is 1. The molecule has 0 bridgehead atoms. The van der Waals surface area contributed by atoms with E-state index in [2.05, 4.69) is 16.9 Å². The summed E-state index contributed by atoms with van der Waals surface area (Å²) in [6.45, 7) is 2.06. The fraction of sp³-hybridized carbons (Fsp3) is 0.500. The minimum atomic E-state index is -0.0873. The molecule has 1 aromatic rings. The predicted molar refractivity (Wildman–Crippen MR) is 48.3 cm³/mol. The molecular formula is C10H12N2O. The molecule has 1 aliphatic carbocycles. The highest BCUT2D eigenvalue weighted by Gasteiger charge is 2.48. The maximum Gasteiger partial charge on any atom is 0.188 e. The normalized spacial score (nSPS) is 18.2. The first-order valence-electron chi connectivity index (χ1n) is 4.59. The summed E-state index contributed by atoms with van der Waals surface area (Å²) in [6, 6.07) is 0. The van der Waals surface area contributed by atoms with Gasteiger partial charge in [-0.1, -0.05) is 6.92 Å². The van der Waals surface area contributed by atoms with Gasteiger partial charge in [-0.3, -0.25) is 9.78 Å². The molecule has 1 fully saturated rings. The Balaban J connectivity index is 2.24. The second kappa shape index (κ2) is 2.91. The van der Waals surface area contributed by atoms with Crippen molar-refractivity contribution in [3.8, 4) is 0 Å². The molecule has 0 atom stereocenters. The summed E-state index contributed by atoms with van der Waals surface area (Å²) in [7, 11) is 0. The fourth-order valence-electron chi connectivity index (χ4n) is 1.58. The molecule has 13 heavy (non-hydrogen) atoms. The Hall–Kier alpha value is -1.25. The fourth-order valence-corrected chi connectivity index (χ4v) is 1.58. The number of carbonyl (C=O) groups excluding carboxylic acids is 1. The number of nitrogens with zero attached hydrogens (tertiary/aromatic N) is 2. The first-order chi connectivity index (χ1) is 6.28. The van der Waals surface area contributed by atoms with Gasteiger partial charge in [-0.25, -0.2) is 4.98 Å². The van der Waals surface area contributed by atoms with E-state index in [1.54, 1.807) is 18.6 Å². The lowest BCUT2D eigenvalue weighted by Crippen LogP contribution is -2.16. The van der Waals surface area contributed by atoms with E-state index < -0.39 is 0 Å². The zero-order chi connectivity index (χ0) is 9.31. The Labute approximate surface area is 77.2 Å². The lowest BCUT2D eigenvalue weighted by atomic mass is 9.96. The van der Waals surface area contributed by atoms with Crippen LogP contribution in [0.2, 0.25) is 0 Å².